The standard InChI is InChI=1S/C11H10.C10H10.C10H8.C9H12.C7H14.7C2H6/c1-9-5-4-7-10-6-2-3-8-11(9)10;1-8-6-7-9-4-2-3-5-10(8)9;1-2-6-10-8-4-3-7-9(10)5-1;1-7-4-8(2)6-9(3)5-7;1-6-4-7(2,3)5-6;7*1-2/h2-8H,1H3;2-8H,1H3;1-8H;4-6H,1-3H3;6H,4-5H2,1-3H3;7*1-2H3. The summed E-state index contributed by atoms with van der Waals surface area (Å²) in [6, 6.07) is 46.6. The highest BCUT2D eigenvalue weighted by Gasteiger charge is 2.32. The zero-order valence-corrected chi connectivity index (χ0v) is 43.9. The molecule has 0 N–H and O–H groups in total. The molecule has 0 nitrogen and oxygen atoms in total. The van der Waals surface area contributed by atoms with E-state index in [4.69, 9.17) is 0 Å². The van der Waals surface area contributed by atoms with E-state index in [1.807, 2.05) is 96.9 Å². The summed E-state index contributed by atoms with van der Waals surface area (Å²) >= 11 is 0. The Morgan fingerprint density at radius 1 is 0.410 bits per heavy atom. The summed E-state index contributed by atoms with van der Waals surface area (Å²) < 4.78 is 0. The van der Waals surface area contributed by atoms with E-state index in [-0.39, 0.29) is 0 Å². The minimum Gasteiger partial charge on any atom is -0.0767 e. The van der Waals surface area contributed by atoms with Crippen molar-refractivity contribution >= 4 is 27.6 Å². The molecule has 340 valence electrons. The molecule has 1 fully saturated rings. The second-order valence-electron chi connectivity index (χ2n) is 14.3. The van der Waals surface area contributed by atoms with Gasteiger partial charge in [0.2, 0.25) is 0 Å². The van der Waals surface area contributed by atoms with Crippen molar-refractivity contribution < 1.29 is 0 Å². The quantitative estimate of drug-likeness (QED) is 0.143. The van der Waals surface area contributed by atoms with Gasteiger partial charge >= 0.3 is 0 Å². The molecule has 0 bridgehead atoms. The lowest BCUT2D eigenvalue weighted by Gasteiger charge is -2.40. The molecule has 61 heavy (non-hydrogen) atoms. The normalized spacial score (nSPS) is 12.5. The topological polar surface area (TPSA) is 0 Å². The number of allylic oxidation sites excluding steroid dienone is 1. The summed E-state index contributed by atoms with van der Waals surface area (Å²) in [6.45, 7) is 45.7. The lowest BCUT2D eigenvalue weighted by Crippen LogP contribution is -2.29. The van der Waals surface area contributed by atoms with Gasteiger partial charge < -0.3 is 0 Å². The van der Waals surface area contributed by atoms with Gasteiger partial charge in [-0.05, 0) is 96.0 Å². The maximum Gasteiger partial charge on any atom is -0.000118 e. The van der Waals surface area contributed by atoms with Crippen LogP contribution in [0.2, 0.25) is 0 Å². The van der Waals surface area contributed by atoms with Crippen molar-refractivity contribution in [3.05, 3.63) is 173 Å². The van der Waals surface area contributed by atoms with E-state index >= 15 is 0 Å². The van der Waals surface area contributed by atoms with Gasteiger partial charge in [-0.25, -0.2) is 0 Å². The van der Waals surface area contributed by atoms with E-state index in [1.54, 1.807) is 0 Å². The van der Waals surface area contributed by atoms with Gasteiger partial charge in [0.25, 0.3) is 0 Å². The average molecular weight is 829 g/mol. The Balaban J connectivity index is -0.000000311. The summed E-state index contributed by atoms with van der Waals surface area (Å²) in [6.07, 6.45) is 7.31. The van der Waals surface area contributed by atoms with E-state index in [0.717, 1.165) is 5.92 Å². The minimum absolute atomic E-state index is 0.621. The van der Waals surface area contributed by atoms with Crippen LogP contribution in [0.3, 0.4) is 0 Å². The van der Waals surface area contributed by atoms with Crippen LogP contribution in [0.5, 0.6) is 0 Å². The maximum atomic E-state index is 2.34. The fraction of sp³-hybridized carbons (Fsp3) is 0.443. The lowest BCUT2D eigenvalue weighted by atomic mass is 9.65. The molecule has 0 heterocycles. The molecule has 6 aromatic carbocycles. The molecular weight excluding hydrogens is 733 g/mol. The van der Waals surface area contributed by atoms with Gasteiger partial charge in [0, 0.05) is 0 Å². The number of benzene rings is 6. The number of hydrogen-bond donors (Lipinski definition) is 0. The SMILES string of the molecule is CC.CC.CC.CC.CC.CC.CC.CC1C=Cc2ccccc21.CC1CC(C)(C)C1.Cc1cc(C)cc(C)c1.Cc1cccc2ccccc12.c1ccc2ccccc2c1. The van der Waals surface area contributed by atoms with Crippen molar-refractivity contribution in [2.45, 2.75) is 171 Å². The number of rotatable bonds is 0. The van der Waals surface area contributed by atoms with Crippen LogP contribution in [-0.4, -0.2) is 0 Å². The molecule has 0 saturated heterocycles. The fourth-order valence-corrected chi connectivity index (χ4v) is 6.98. The van der Waals surface area contributed by atoms with Gasteiger partial charge in [0.1, 0.15) is 0 Å². The van der Waals surface area contributed by atoms with Crippen LogP contribution >= 0.6 is 0 Å². The Morgan fingerprint density at radius 3 is 1.10 bits per heavy atom. The predicted molar refractivity (Wildman–Crippen MR) is 289 cm³/mol. The Morgan fingerprint density at radius 2 is 0.754 bits per heavy atom. The first-order valence-corrected chi connectivity index (χ1v) is 24.2. The monoisotopic (exact) mass is 829 g/mol. The van der Waals surface area contributed by atoms with Crippen molar-refractivity contribution in [2.24, 2.45) is 11.3 Å². The van der Waals surface area contributed by atoms with Crippen LogP contribution in [0.25, 0.3) is 27.6 Å². The molecule has 1 atom stereocenters. The first-order chi connectivity index (χ1) is 29.5. The zero-order valence-electron chi connectivity index (χ0n) is 43.9. The summed E-state index contributed by atoms with van der Waals surface area (Å²) in [4.78, 5) is 0. The largest absolute Gasteiger partial charge is 0.0767 e. The molecule has 0 radical (unpaired) electrons. The van der Waals surface area contributed by atoms with Gasteiger partial charge in [0.05, 0.1) is 0 Å². The van der Waals surface area contributed by atoms with E-state index in [1.165, 1.54) is 67.8 Å². The van der Waals surface area contributed by atoms with Crippen LogP contribution in [0, 0.1) is 39.0 Å². The van der Waals surface area contributed by atoms with Crippen LogP contribution in [0.4, 0.5) is 0 Å². The first-order valence-electron chi connectivity index (χ1n) is 24.2. The van der Waals surface area contributed by atoms with E-state index in [9.17, 15) is 0 Å². The number of fused-ring (bicyclic) bond motifs is 3. The average Bonchev–Trinajstić information content (AvgIpc) is 3.69. The third-order valence-electron chi connectivity index (χ3n) is 8.89. The Hall–Kier alpha value is -4.42. The Labute approximate surface area is 381 Å². The number of hydrogen-bond acceptors (Lipinski definition) is 0. The second kappa shape index (κ2) is 41.0. The molecule has 2 aliphatic carbocycles. The lowest BCUT2D eigenvalue weighted by molar-refractivity contribution is 0.111. The molecule has 0 aliphatic heterocycles. The Kier molecular flexibility index (Phi) is 42.4. The molecule has 2 aliphatic rings. The smallest absolute Gasteiger partial charge is 0.000118 e. The molecule has 8 rings (SSSR count). The molecular formula is C61H96. The molecule has 0 spiro atoms. The van der Waals surface area contributed by atoms with Crippen LogP contribution < -0.4 is 0 Å². The van der Waals surface area contributed by atoms with Gasteiger partial charge in [-0.2, -0.15) is 0 Å². The molecule has 0 aromatic heterocycles. The number of aryl methyl sites for hydroxylation is 4. The predicted octanol–water partition coefficient (Wildman–Crippen LogP) is 21.0. The van der Waals surface area contributed by atoms with Crippen LogP contribution in [0.1, 0.15) is 177 Å². The minimum atomic E-state index is 0.621. The molecule has 1 unspecified atom stereocenters. The fourth-order valence-electron chi connectivity index (χ4n) is 6.98. The Bertz CT molecular complexity index is 1760. The highest BCUT2D eigenvalue weighted by molar-refractivity contribution is 5.85. The summed E-state index contributed by atoms with van der Waals surface area (Å²) in [5.41, 5.74) is 8.95. The van der Waals surface area contributed by atoms with Crippen molar-refractivity contribution in [1.82, 2.24) is 0 Å². The van der Waals surface area contributed by atoms with Crippen molar-refractivity contribution in [3.8, 4) is 0 Å². The molecule has 0 heteroatoms. The van der Waals surface area contributed by atoms with E-state index in [0.29, 0.717) is 11.3 Å². The highest BCUT2D eigenvalue weighted by Crippen LogP contribution is 2.44. The summed E-state index contributed by atoms with van der Waals surface area (Å²) in [5, 5.41) is 5.30. The van der Waals surface area contributed by atoms with Gasteiger partial charge in [0.15, 0.2) is 0 Å². The molecule has 6 aromatic rings. The van der Waals surface area contributed by atoms with Gasteiger partial charge in [-0.15, -0.1) is 0 Å². The van der Waals surface area contributed by atoms with Crippen molar-refractivity contribution in [2.75, 3.05) is 0 Å². The third kappa shape index (κ3) is 27.2. The van der Waals surface area contributed by atoms with Crippen LogP contribution in [-0.2, 0) is 0 Å². The molecule has 0 amide bonds. The summed E-state index contributed by atoms with van der Waals surface area (Å²) in [5.74, 6) is 1.63. The second-order valence-corrected chi connectivity index (χ2v) is 14.3. The van der Waals surface area contributed by atoms with Crippen molar-refractivity contribution in [3.63, 3.8) is 0 Å². The first kappa shape index (κ1) is 63.2. The third-order valence-corrected chi connectivity index (χ3v) is 8.89. The van der Waals surface area contributed by atoms with Crippen molar-refractivity contribution in [1.29, 1.82) is 0 Å². The molecule has 1 saturated carbocycles. The van der Waals surface area contributed by atoms with Crippen LogP contribution in [0.15, 0.2) is 140 Å². The van der Waals surface area contributed by atoms with Gasteiger partial charge in [-0.3, -0.25) is 0 Å². The van der Waals surface area contributed by atoms with E-state index < -0.39 is 0 Å². The maximum absolute atomic E-state index is 2.34. The summed E-state index contributed by atoms with van der Waals surface area (Å²) in [7, 11) is 0. The van der Waals surface area contributed by atoms with E-state index in [2.05, 4.69) is 201 Å². The van der Waals surface area contributed by atoms with Gasteiger partial charge in [-0.1, -0.05) is 287 Å². The zero-order chi connectivity index (χ0) is 47.8. The highest BCUT2D eigenvalue weighted by atomic mass is 14.4.